The second kappa shape index (κ2) is 3.06. The van der Waals surface area contributed by atoms with Crippen LogP contribution in [0.3, 0.4) is 0 Å². The number of hydrogen-bond acceptors (Lipinski definition) is 3. The van der Waals surface area contributed by atoms with Crippen molar-refractivity contribution in [2.24, 2.45) is 0 Å². The monoisotopic (exact) mass is 272 g/mol. The first-order valence-electron chi connectivity index (χ1n) is 5.20. The van der Waals surface area contributed by atoms with Gasteiger partial charge in [-0.15, -0.1) is 0 Å². The molecule has 0 saturated carbocycles. The van der Waals surface area contributed by atoms with Crippen LogP contribution in [-0.2, 0) is 21.6 Å². The molecule has 1 aromatic rings. The second-order valence-corrected chi connectivity index (χ2v) is 4.96. The van der Waals surface area contributed by atoms with Crippen molar-refractivity contribution in [2.75, 3.05) is 6.61 Å². The summed E-state index contributed by atoms with van der Waals surface area (Å²) in [5.41, 5.74) is 0.893. The molecule has 0 aromatic carbocycles. The Labute approximate surface area is 96.7 Å². The van der Waals surface area contributed by atoms with Gasteiger partial charge in [-0.3, -0.25) is 4.68 Å². The number of aromatic nitrogens is 2. The minimum Gasteiger partial charge on any atom is -0.372 e. The fraction of sp³-hybridized carbons (Fsp3) is 0.700. The van der Waals surface area contributed by atoms with Crippen LogP contribution >= 0.6 is 15.9 Å². The number of aryl methyl sites for hydroxylation is 1. The predicted molar refractivity (Wildman–Crippen MR) is 57.6 cm³/mol. The van der Waals surface area contributed by atoms with Gasteiger partial charge in [0.25, 0.3) is 0 Å². The van der Waals surface area contributed by atoms with Gasteiger partial charge in [-0.2, -0.15) is 5.10 Å². The number of rotatable bonds is 2. The van der Waals surface area contributed by atoms with Crippen molar-refractivity contribution < 1.29 is 9.47 Å². The zero-order valence-electron chi connectivity index (χ0n) is 8.74. The van der Waals surface area contributed by atoms with Crippen LogP contribution in [0.2, 0.25) is 0 Å². The average molecular weight is 273 g/mol. The highest BCUT2D eigenvalue weighted by molar-refractivity contribution is 9.10. The summed E-state index contributed by atoms with van der Waals surface area (Å²) in [7, 11) is 0. The van der Waals surface area contributed by atoms with E-state index in [4.69, 9.17) is 9.47 Å². The van der Waals surface area contributed by atoms with E-state index < -0.39 is 0 Å². The molecule has 2 aliphatic heterocycles. The molecular weight excluding hydrogens is 260 g/mol. The van der Waals surface area contributed by atoms with E-state index in [9.17, 15) is 0 Å². The molecule has 1 aromatic heterocycles. The summed E-state index contributed by atoms with van der Waals surface area (Å²) in [6, 6.07) is 0. The van der Waals surface area contributed by atoms with Crippen LogP contribution in [0.5, 0.6) is 0 Å². The molecule has 15 heavy (non-hydrogen) atoms. The Morgan fingerprint density at radius 3 is 3.07 bits per heavy atom. The standard InChI is InChI=1S/C10H13BrN2O2/c1-3-13-8(7(11)4-12-13)10-5-14-6(2)9(10)15-10/h4,6,9H,3,5H2,1-2H3/t6-,9+,10+/m0/s1. The Kier molecular flexibility index (Phi) is 2.00. The van der Waals surface area contributed by atoms with Crippen molar-refractivity contribution >= 4 is 15.9 Å². The molecule has 2 fully saturated rings. The zero-order valence-corrected chi connectivity index (χ0v) is 10.3. The summed E-state index contributed by atoms with van der Waals surface area (Å²) in [6.07, 6.45) is 2.22. The Morgan fingerprint density at radius 1 is 1.73 bits per heavy atom. The first-order chi connectivity index (χ1) is 7.19. The molecule has 0 unspecified atom stereocenters. The third-order valence-electron chi connectivity index (χ3n) is 3.22. The Bertz CT molecular complexity index is 406. The van der Waals surface area contributed by atoms with E-state index in [2.05, 4.69) is 34.9 Å². The molecule has 0 radical (unpaired) electrons. The van der Waals surface area contributed by atoms with Gasteiger partial charge in [0, 0.05) is 6.54 Å². The minimum atomic E-state index is -0.231. The summed E-state index contributed by atoms with van der Waals surface area (Å²) in [6.45, 7) is 5.63. The number of fused-ring (bicyclic) bond motifs is 1. The fourth-order valence-corrected chi connectivity index (χ4v) is 3.04. The maximum absolute atomic E-state index is 5.80. The summed E-state index contributed by atoms with van der Waals surface area (Å²) < 4.78 is 14.4. The molecule has 3 rings (SSSR count). The van der Waals surface area contributed by atoms with Gasteiger partial charge in [-0.25, -0.2) is 0 Å². The van der Waals surface area contributed by atoms with Crippen LogP contribution in [0.15, 0.2) is 10.7 Å². The molecular formula is C10H13BrN2O2. The number of nitrogens with zero attached hydrogens (tertiary/aromatic N) is 2. The van der Waals surface area contributed by atoms with Crippen molar-refractivity contribution in [2.45, 2.75) is 38.2 Å². The Hall–Kier alpha value is -0.390. The lowest BCUT2D eigenvalue weighted by Crippen LogP contribution is -2.19. The van der Waals surface area contributed by atoms with Crippen LogP contribution in [0.25, 0.3) is 0 Å². The van der Waals surface area contributed by atoms with Gasteiger partial charge >= 0.3 is 0 Å². The summed E-state index contributed by atoms with van der Waals surface area (Å²) in [5.74, 6) is 0. The van der Waals surface area contributed by atoms with E-state index in [0.29, 0.717) is 6.61 Å². The van der Waals surface area contributed by atoms with Crippen molar-refractivity contribution in [1.82, 2.24) is 9.78 Å². The number of halogens is 1. The molecule has 3 heterocycles. The lowest BCUT2D eigenvalue weighted by molar-refractivity contribution is 0.0169. The van der Waals surface area contributed by atoms with E-state index in [1.54, 1.807) is 0 Å². The maximum Gasteiger partial charge on any atom is 0.163 e. The van der Waals surface area contributed by atoms with Gasteiger partial charge in [-0.05, 0) is 29.8 Å². The van der Waals surface area contributed by atoms with E-state index in [1.165, 1.54) is 0 Å². The number of epoxide rings is 1. The normalized spacial score (nSPS) is 38.1. The van der Waals surface area contributed by atoms with Gasteiger partial charge in [0.05, 0.1) is 29.1 Å². The van der Waals surface area contributed by atoms with E-state index in [-0.39, 0.29) is 17.8 Å². The molecule has 0 amide bonds. The first-order valence-corrected chi connectivity index (χ1v) is 5.99. The summed E-state index contributed by atoms with van der Waals surface area (Å²) >= 11 is 3.53. The average Bonchev–Trinajstić information content (AvgIpc) is 2.72. The smallest absolute Gasteiger partial charge is 0.163 e. The van der Waals surface area contributed by atoms with Crippen LogP contribution in [-0.4, -0.2) is 28.6 Å². The highest BCUT2D eigenvalue weighted by atomic mass is 79.9. The van der Waals surface area contributed by atoms with Crippen molar-refractivity contribution in [3.8, 4) is 0 Å². The lowest BCUT2D eigenvalue weighted by Gasteiger charge is -2.11. The van der Waals surface area contributed by atoms with Gasteiger partial charge in [0.2, 0.25) is 0 Å². The predicted octanol–water partition coefficient (Wildman–Crippen LogP) is 1.68. The van der Waals surface area contributed by atoms with E-state index in [1.807, 2.05) is 10.9 Å². The van der Waals surface area contributed by atoms with E-state index in [0.717, 1.165) is 16.7 Å². The maximum atomic E-state index is 5.80. The zero-order chi connectivity index (χ0) is 10.6. The number of hydrogen-bond donors (Lipinski definition) is 0. The van der Waals surface area contributed by atoms with Crippen LogP contribution in [0.4, 0.5) is 0 Å². The Morgan fingerprint density at radius 2 is 2.53 bits per heavy atom. The van der Waals surface area contributed by atoms with Gasteiger partial charge in [0.1, 0.15) is 6.10 Å². The molecule has 82 valence electrons. The Balaban J connectivity index is 2.04. The van der Waals surface area contributed by atoms with Gasteiger partial charge < -0.3 is 9.47 Å². The molecule has 0 bridgehead atoms. The molecule has 3 atom stereocenters. The van der Waals surface area contributed by atoms with Crippen molar-refractivity contribution in [1.29, 1.82) is 0 Å². The van der Waals surface area contributed by atoms with Crippen LogP contribution in [0.1, 0.15) is 19.5 Å². The highest BCUT2D eigenvalue weighted by Gasteiger charge is 2.67. The van der Waals surface area contributed by atoms with Crippen LogP contribution in [0, 0.1) is 0 Å². The number of ether oxygens (including phenoxy) is 2. The van der Waals surface area contributed by atoms with Crippen molar-refractivity contribution in [3.05, 3.63) is 16.4 Å². The third-order valence-corrected chi connectivity index (χ3v) is 3.80. The highest BCUT2D eigenvalue weighted by Crippen LogP contribution is 2.54. The van der Waals surface area contributed by atoms with Gasteiger partial charge in [-0.1, -0.05) is 0 Å². The van der Waals surface area contributed by atoms with Crippen molar-refractivity contribution in [3.63, 3.8) is 0 Å². The topological polar surface area (TPSA) is 39.6 Å². The first kappa shape index (κ1) is 9.81. The fourth-order valence-electron chi connectivity index (χ4n) is 2.41. The summed E-state index contributed by atoms with van der Waals surface area (Å²) in [5, 5.41) is 4.31. The SMILES string of the molecule is CCn1ncc(Br)c1[C@]12CO[C@@H](C)[C@H]1O2. The molecule has 2 saturated heterocycles. The quantitative estimate of drug-likeness (QED) is 0.770. The second-order valence-electron chi connectivity index (χ2n) is 4.10. The summed E-state index contributed by atoms with van der Waals surface area (Å²) in [4.78, 5) is 0. The molecule has 2 aliphatic rings. The van der Waals surface area contributed by atoms with E-state index >= 15 is 0 Å². The molecule has 0 aliphatic carbocycles. The molecule has 5 heteroatoms. The molecule has 4 nitrogen and oxygen atoms in total. The van der Waals surface area contributed by atoms with Gasteiger partial charge in [0.15, 0.2) is 5.60 Å². The molecule has 0 N–H and O–H groups in total. The lowest BCUT2D eigenvalue weighted by atomic mass is 10.0. The minimum absolute atomic E-state index is 0.192. The third kappa shape index (κ3) is 1.17. The molecule has 0 spiro atoms. The van der Waals surface area contributed by atoms with Crippen LogP contribution < -0.4 is 0 Å². The largest absolute Gasteiger partial charge is 0.372 e.